The van der Waals surface area contributed by atoms with Crippen molar-refractivity contribution in [3.63, 3.8) is 0 Å². The fourth-order valence-corrected chi connectivity index (χ4v) is 3.54. The van der Waals surface area contributed by atoms with Crippen LogP contribution in [0.1, 0.15) is 43.7 Å². The first-order chi connectivity index (χ1) is 13.1. The zero-order chi connectivity index (χ0) is 19.2. The molecular formula is C20H27N5O2. The van der Waals surface area contributed by atoms with Crippen molar-refractivity contribution in [2.24, 2.45) is 13.0 Å². The lowest BCUT2D eigenvalue weighted by molar-refractivity contribution is -0.120. The van der Waals surface area contributed by atoms with Crippen molar-refractivity contribution < 1.29 is 9.59 Å². The van der Waals surface area contributed by atoms with Crippen molar-refractivity contribution in [1.82, 2.24) is 15.1 Å². The molecule has 0 spiro atoms. The van der Waals surface area contributed by atoms with Crippen molar-refractivity contribution in [2.45, 2.75) is 38.1 Å². The minimum Gasteiger partial charge on any atom is -0.326 e. The van der Waals surface area contributed by atoms with Crippen LogP contribution in [-0.4, -0.2) is 28.6 Å². The summed E-state index contributed by atoms with van der Waals surface area (Å²) in [5.41, 5.74) is 2.13. The van der Waals surface area contributed by atoms with Gasteiger partial charge in [-0.25, -0.2) is 0 Å². The summed E-state index contributed by atoms with van der Waals surface area (Å²) in [6.07, 6.45) is 8.84. The smallest absolute Gasteiger partial charge is 0.246 e. The Balaban J connectivity index is 1.64. The Morgan fingerprint density at radius 3 is 2.48 bits per heavy atom. The van der Waals surface area contributed by atoms with Gasteiger partial charge in [-0.3, -0.25) is 14.3 Å². The van der Waals surface area contributed by atoms with Crippen LogP contribution in [0.3, 0.4) is 0 Å². The van der Waals surface area contributed by atoms with Crippen LogP contribution < -0.4 is 16.0 Å². The Hall–Kier alpha value is -2.67. The molecule has 27 heavy (non-hydrogen) atoms. The first-order valence-electron chi connectivity index (χ1n) is 9.44. The summed E-state index contributed by atoms with van der Waals surface area (Å²) in [7, 11) is 3.55. The van der Waals surface area contributed by atoms with E-state index >= 15 is 0 Å². The molecule has 1 unspecified atom stereocenters. The number of hydrogen-bond donors (Lipinski definition) is 3. The fourth-order valence-electron chi connectivity index (χ4n) is 3.54. The van der Waals surface area contributed by atoms with Gasteiger partial charge >= 0.3 is 0 Å². The van der Waals surface area contributed by atoms with Gasteiger partial charge in [0, 0.05) is 36.1 Å². The SMILES string of the molecule is CNC(C(=O)Nc1cccc(NC(=O)C2CCCCC2)c1)c1cnn(C)c1. The Morgan fingerprint density at radius 1 is 1.15 bits per heavy atom. The molecular weight excluding hydrogens is 342 g/mol. The second kappa shape index (κ2) is 8.81. The van der Waals surface area contributed by atoms with Gasteiger partial charge in [-0.2, -0.15) is 5.10 Å². The third-order valence-corrected chi connectivity index (χ3v) is 4.98. The molecule has 1 saturated carbocycles. The van der Waals surface area contributed by atoms with E-state index < -0.39 is 6.04 Å². The normalized spacial score (nSPS) is 15.9. The number of rotatable bonds is 6. The van der Waals surface area contributed by atoms with Gasteiger partial charge < -0.3 is 16.0 Å². The minimum atomic E-state index is -0.501. The molecule has 0 bridgehead atoms. The highest BCUT2D eigenvalue weighted by Crippen LogP contribution is 2.25. The lowest BCUT2D eigenvalue weighted by Crippen LogP contribution is -2.30. The van der Waals surface area contributed by atoms with Crippen LogP contribution in [0.5, 0.6) is 0 Å². The Morgan fingerprint density at radius 2 is 1.85 bits per heavy atom. The number of likely N-dealkylation sites (N-methyl/N-ethyl adjacent to an activating group) is 1. The van der Waals surface area contributed by atoms with Gasteiger partial charge in [0.15, 0.2) is 0 Å². The number of nitrogens with zero attached hydrogens (tertiary/aromatic N) is 2. The molecule has 1 heterocycles. The van der Waals surface area contributed by atoms with E-state index in [9.17, 15) is 9.59 Å². The van der Waals surface area contributed by atoms with E-state index in [1.807, 2.05) is 31.4 Å². The van der Waals surface area contributed by atoms with Crippen LogP contribution >= 0.6 is 0 Å². The van der Waals surface area contributed by atoms with E-state index in [1.165, 1.54) is 6.42 Å². The molecule has 2 aromatic rings. The number of carbonyl (C=O) groups excluding carboxylic acids is 2. The van der Waals surface area contributed by atoms with Gasteiger partial charge in [-0.15, -0.1) is 0 Å². The third-order valence-electron chi connectivity index (χ3n) is 4.98. The zero-order valence-corrected chi connectivity index (χ0v) is 15.9. The maximum Gasteiger partial charge on any atom is 0.246 e. The van der Waals surface area contributed by atoms with Crippen LogP contribution in [-0.2, 0) is 16.6 Å². The van der Waals surface area contributed by atoms with Crippen molar-refractivity contribution in [2.75, 3.05) is 17.7 Å². The minimum absolute atomic E-state index is 0.0710. The average Bonchev–Trinajstić information content (AvgIpc) is 3.09. The summed E-state index contributed by atoms with van der Waals surface area (Å²) < 4.78 is 1.66. The van der Waals surface area contributed by atoms with Crippen LogP contribution in [0.25, 0.3) is 0 Å². The van der Waals surface area contributed by atoms with E-state index in [0.29, 0.717) is 11.4 Å². The molecule has 2 amide bonds. The zero-order valence-electron chi connectivity index (χ0n) is 15.9. The van der Waals surface area contributed by atoms with Crippen LogP contribution in [0, 0.1) is 5.92 Å². The highest BCUT2D eigenvalue weighted by Gasteiger charge is 2.22. The quantitative estimate of drug-likeness (QED) is 0.731. The van der Waals surface area contributed by atoms with E-state index in [1.54, 1.807) is 24.0 Å². The average molecular weight is 369 g/mol. The van der Waals surface area contributed by atoms with E-state index in [-0.39, 0.29) is 17.7 Å². The predicted octanol–water partition coefficient (Wildman–Crippen LogP) is 2.84. The number of aromatic nitrogens is 2. The van der Waals surface area contributed by atoms with Crippen LogP contribution in [0.4, 0.5) is 11.4 Å². The molecule has 7 nitrogen and oxygen atoms in total. The second-order valence-corrected chi connectivity index (χ2v) is 7.06. The number of aryl methyl sites for hydroxylation is 1. The number of anilines is 2. The standard InChI is InChI=1S/C20H27N5O2/c1-21-18(15-12-22-25(2)13-15)20(27)24-17-10-6-9-16(11-17)23-19(26)14-7-4-3-5-8-14/h6,9-14,18,21H,3-5,7-8H2,1-2H3,(H,23,26)(H,24,27). The predicted molar refractivity (Wildman–Crippen MR) is 105 cm³/mol. The number of nitrogens with one attached hydrogen (secondary N) is 3. The van der Waals surface area contributed by atoms with Gasteiger partial charge in [0.2, 0.25) is 11.8 Å². The molecule has 3 rings (SSSR count). The summed E-state index contributed by atoms with van der Waals surface area (Å²) in [6, 6.07) is 6.76. The first-order valence-corrected chi connectivity index (χ1v) is 9.44. The van der Waals surface area contributed by atoms with Crippen molar-refractivity contribution in [3.05, 3.63) is 42.2 Å². The molecule has 1 fully saturated rings. The Labute approximate surface area is 159 Å². The molecule has 0 aliphatic heterocycles. The summed E-state index contributed by atoms with van der Waals surface area (Å²) >= 11 is 0. The lowest BCUT2D eigenvalue weighted by Gasteiger charge is -2.21. The molecule has 0 radical (unpaired) electrons. The van der Waals surface area contributed by atoms with Crippen LogP contribution in [0.2, 0.25) is 0 Å². The molecule has 1 atom stereocenters. The number of carbonyl (C=O) groups is 2. The van der Waals surface area contributed by atoms with Gasteiger partial charge in [-0.1, -0.05) is 25.3 Å². The molecule has 7 heteroatoms. The third kappa shape index (κ3) is 4.95. The van der Waals surface area contributed by atoms with Gasteiger partial charge in [0.25, 0.3) is 0 Å². The molecule has 3 N–H and O–H groups in total. The largest absolute Gasteiger partial charge is 0.326 e. The van der Waals surface area contributed by atoms with Gasteiger partial charge in [0.05, 0.1) is 6.20 Å². The second-order valence-electron chi connectivity index (χ2n) is 7.06. The maximum absolute atomic E-state index is 12.6. The maximum atomic E-state index is 12.6. The highest BCUT2D eigenvalue weighted by molar-refractivity contribution is 5.97. The number of amides is 2. The van der Waals surface area contributed by atoms with Crippen LogP contribution in [0.15, 0.2) is 36.7 Å². The molecule has 1 aliphatic carbocycles. The van der Waals surface area contributed by atoms with Crippen molar-refractivity contribution >= 4 is 23.2 Å². The molecule has 0 saturated heterocycles. The summed E-state index contributed by atoms with van der Waals surface area (Å²) in [5, 5.41) is 13.0. The summed E-state index contributed by atoms with van der Waals surface area (Å²) in [4.78, 5) is 25.1. The molecule has 1 aliphatic rings. The molecule has 1 aromatic carbocycles. The van der Waals surface area contributed by atoms with Crippen molar-refractivity contribution in [3.8, 4) is 0 Å². The topological polar surface area (TPSA) is 88.1 Å². The highest BCUT2D eigenvalue weighted by atomic mass is 16.2. The number of hydrogen-bond acceptors (Lipinski definition) is 4. The van der Waals surface area contributed by atoms with E-state index in [0.717, 1.165) is 31.2 Å². The Bertz CT molecular complexity index is 795. The summed E-state index contributed by atoms with van der Waals surface area (Å²) in [5.74, 6) is -0.0147. The monoisotopic (exact) mass is 369 g/mol. The van der Waals surface area contributed by atoms with Crippen molar-refractivity contribution in [1.29, 1.82) is 0 Å². The lowest BCUT2D eigenvalue weighted by atomic mass is 9.88. The van der Waals surface area contributed by atoms with E-state index in [2.05, 4.69) is 21.0 Å². The molecule has 144 valence electrons. The summed E-state index contributed by atoms with van der Waals surface area (Å²) in [6.45, 7) is 0. The van der Waals surface area contributed by atoms with Gasteiger partial charge in [0.1, 0.15) is 6.04 Å². The van der Waals surface area contributed by atoms with Gasteiger partial charge in [-0.05, 0) is 38.1 Å². The Kier molecular flexibility index (Phi) is 6.24. The number of benzene rings is 1. The fraction of sp³-hybridized carbons (Fsp3) is 0.450. The molecule has 1 aromatic heterocycles. The first kappa shape index (κ1) is 19.1. The van der Waals surface area contributed by atoms with E-state index in [4.69, 9.17) is 0 Å².